The number of rotatable bonds is 13. The highest BCUT2D eigenvalue weighted by Crippen LogP contribution is 2.13. The first-order valence-corrected chi connectivity index (χ1v) is 8.70. The Kier molecular flexibility index (Phi) is 9.95. The molecule has 0 heterocycles. The van der Waals surface area contributed by atoms with E-state index in [1.165, 1.54) is 0 Å². The van der Waals surface area contributed by atoms with Crippen LogP contribution in [-0.2, 0) is 19.0 Å². The molecule has 0 aliphatic heterocycles. The van der Waals surface area contributed by atoms with Crippen LogP contribution < -0.4 is 4.74 Å². The third kappa shape index (κ3) is 10.9. The van der Waals surface area contributed by atoms with Gasteiger partial charge in [0.1, 0.15) is 12.4 Å². The predicted molar refractivity (Wildman–Crippen MR) is 99.6 cm³/mol. The van der Waals surface area contributed by atoms with Crippen LogP contribution in [0.1, 0.15) is 27.2 Å². The summed E-state index contributed by atoms with van der Waals surface area (Å²) in [6.45, 7) is 11.5. The molecule has 0 radical (unpaired) electrons. The standard InChI is InChI=1S/C20H30O6/c1-16(19(21)22)14-18(15-25-17-8-6-5-7-9-17)24-12-10-23-11-13-26-20(2,3)4/h5-9,18H,1,10-15H2,2-4H3,(H,21,22). The van der Waals surface area contributed by atoms with E-state index in [9.17, 15) is 4.79 Å². The molecule has 1 aromatic carbocycles. The first-order chi connectivity index (χ1) is 12.3. The maximum Gasteiger partial charge on any atom is 0.331 e. The molecule has 0 bridgehead atoms. The summed E-state index contributed by atoms with van der Waals surface area (Å²) in [4.78, 5) is 11.0. The van der Waals surface area contributed by atoms with Gasteiger partial charge < -0.3 is 24.1 Å². The van der Waals surface area contributed by atoms with E-state index in [1.54, 1.807) is 0 Å². The third-order valence-electron chi connectivity index (χ3n) is 3.30. The first-order valence-electron chi connectivity index (χ1n) is 8.70. The second-order valence-corrected chi connectivity index (χ2v) is 6.80. The Balaban J connectivity index is 2.32. The van der Waals surface area contributed by atoms with Crippen LogP contribution >= 0.6 is 0 Å². The zero-order chi connectivity index (χ0) is 19.4. The summed E-state index contributed by atoms with van der Waals surface area (Å²) in [5.74, 6) is -0.327. The van der Waals surface area contributed by atoms with Crippen LogP contribution in [0.4, 0.5) is 0 Å². The van der Waals surface area contributed by atoms with Gasteiger partial charge in [-0.2, -0.15) is 0 Å². The van der Waals surface area contributed by atoms with E-state index in [-0.39, 0.29) is 24.2 Å². The molecule has 6 nitrogen and oxygen atoms in total. The lowest BCUT2D eigenvalue weighted by Gasteiger charge is -2.20. The van der Waals surface area contributed by atoms with Gasteiger partial charge in [-0.3, -0.25) is 0 Å². The number of aliphatic carboxylic acids is 1. The minimum absolute atomic E-state index is 0.0890. The lowest BCUT2D eigenvalue weighted by molar-refractivity contribution is -0.133. The normalized spacial score (nSPS) is 12.6. The molecule has 1 unspecified atom stereocenters. The highest BCUT2D eigenvalue weighted by molar-refractivity contribution is 5.85. The lowest BCUT2D eigenvalue weighted by Crippen LogP contribution is -2.26. The molecule has 0 spiro atoms. The second-order valence-electron chi connectivity index (χ2n) is 6.80. The Hall–Kier alpha value is -1.89. The highest BCUT2D eigenvalue weighted by Gasteiger charge is 2.16. The molecule has 1 aromatic rings. The van der Waals surface area contributed by atoms with Crippen molar-refractivity contribution in [2.75, 3.05) is 33.0 Å². The average Bonchev–Trinajstić information content (AvgIpc) is 2.58. The topological polar surface area (TPSA) is 74.2 Å². The highest BCUT2D eigenvalue weighted by atomic mass is 16.6. The van der Waals surface area contributed by atoms with Crippen LogP contribution in [0.2, 0.25) is 0 Å². The van der Waals surface area contributed by atoms with Crippen molar-refractivity contribution in [3.05, 3.63) is 42.5 Å². The van der Waals surface area contributed by atoms with E-state index in [4.69, 9.17) is 24.1 Å². The molecule has 0 aromatic heterocycles. The summed E-state index contributed by atoms with van der Waals surface area (Å²) in [5.41, 5.74) is -0.0946. The zero-order valence-electron chi connectivity index (χ0n) is 15.9. The van der Waals surface area contributed by atoms with E-state index in [0.717, 1.165) is 0 Å². The van der Waals surface area contributed by atoms with E-state index in [0.29, 0.717) is 32.2 Å². The minimum Gasteiger partial charge on any atom is -0.491 e. The second kappa shape index (κ2) is 11.7. The Bertz CT molecular complexity index is 535. The third-order valence-corrected chi connectivity index (χ3v) is 3.30. The van der Waals surface area contributed by atoms with Gasteiger partial charge in [0, 0.05) is 12.0 Å². The molecule has 0 aliphatic carbocycles. The molecule has 0 fully saturated rings. The summed E-state index contributed by atoms with van der Waals surface area (Å²) in [5, 5.41) is 9.02. The molecular weight excluding hydrogens is 336 g/mol. The fourth-order valence-corrected chi connectivity index (χ4v) is 2.02. The van der Waals surface area contributed by atoms with Crippen molar-refractivity contribution in [1.29, 1.82) is 0 Å². The summed E-state index contributed by atoms with van der Waals surface area (Å²) < 4.78 is 22.4. The van der Waals surface area contributed by atoms with Crippen LogP contribution in [0, 0.1) is 0 Å². The van der Waals surface area contributed by atoms with Gasteiger partial charge in [0.25, 0.3) is 0 Å². The molecule has 1 N–H and O–H groups in total. The first kappa shape index (κ1) is 22.2. The number of carboxylic acid groups (broad SMARTS) is 1. The Morgan fingerprint density at radius 2 is 1.77 bits per heavy atom. The Morgan fingerprint density at radius 1 is 1.12 bits per heavy atom. The average molecular weight is 366 g/mol. The number of benzene rings is 1. The SMILES string of the molecule is C=C(CC(COc1ccccc1)OCCOCCOC(C)(C)C)C(=O)O. The molecule has 0 saturated heterocycles. The number of hydrogen-bond acceptors (Lipinski definition) is 5. The molecule has 146 valence electrons. The van der Waals surface area contributed by atoms with Crippen LogP contribution in [0.5, 0.6) is 5.75 Å². The van der Waals surface area contributed by atoms with Crippen molar-refractivity contribution in [3.8, 4) is 5.75 Å². The number of carbonyl (C=O) groups is 1. The van der Waals surface area contributed by atoms with Crippen molar-refractivity contribution < 1.29 is 28.8 Å². The fraction of sp³-hybridized carbons (Fsp3) is 0.550. The van der Waals surface area contributed by atoms with Gasteiger partial charge in [0.2, 0.25) is 0 Å². The summed E-state index contributed by atoms with van der Waals surface area (Å²) in [6, 6.07) is 9.31. The monoisotopic (exact) mass is 366 g/mol. The van der Waals surface area contributed by atoms with Crippen molar-refractivity contribution >= 4 is 5.97 Å². The largest absolute Gasteiger partial charge is 0.491 e. The van der Waals surface area contributed by atoms with Crippen LogP contribution in [0.3, 0.4) is 0 Å². The smallest absolute Gasteiger partial charge is 0.331 e. The maximum atomic E-state index is 11.0. The van der Waals surface area contributed by atoms with Crippen molar-refractivity contribution in [2.24, 2.45) is 0 Å². The summed E-state index contributed by atoms with van der Waals surface area (Å²) >= 11 is 0. The molecule has 0 aliphatic rings. The molecular formula is C20H30O6. The minimum atomic E-state index is -1.03. The molecule has 0 amide bonds. The van der Waals surface area contributed by atoms with E-state index in [1.807, 2.05) is 51.1 Å². The van der Waals surface area contributed by atoms with Gasteiger partial charge in [-0.25, -0.2) is 4.79 Å². The molecule has 1 rings (SSSR count). The van der Waals surface area contributed by atoms with Crippen LogP contribution in [0.15, 0.2) is 42.5 Å². The summed E-state index contributed by atoms with van der Waals surface area (Å²) in [6.07, 6.45) is -0.219. The van der Waals surface area contributed by atoms with E-state index >= 15 is 0 Å². The van der Waals surface area contributed by atoms with Gasteiger partial charge in [-0.05, 0) is 32.9 Å². The van der Waals surface area contributed by atoms with Crippen molar-refractivity contribution in [2.45, 2.75) is 38.9 Å². The van der Waals surface area contributed by atoms with Gasteiger partial charge in [0.15, 0.2) is 0 Å². The van der Waals surface area contributed by atoms with E-state index in [2.05, 4.69) is 6.58 Å². The predicted octanol–water partition coefficient (Wildman–Crippen LogP) is 3.31. The van der Waals surface area contributed by atoms with Gasteiger partial charge in [-0.1, -0.05) is 24.8 Å². The van der Waals surface area contributed by atoms with Crippen LogP contribution in [-0.4, -0.2) is 55.8 Å². The van der Waals surface area contributed by atoms with Crippen molar-refractivity contribution in [1.82, 2.24) is 0 Å². The Morgan fingerprint density at radius 3 is 2.38 bits per heavy atom. The zero-order valence-corrected chi connectivity index (χ0v) is 15.9. The fourth-order valence-electron chi connectivity index (χ4n) is 2.02. The number of carboxylic acids is 1. The lowest BCUT2D eigenvalue weighted by atomic mass is 10.1. The number of ether oxygens (including phenoxy) is 4. The number of para-hydroxylation sites is 1. The molecule has 0 saturated carbocycles. The number of hydrogen-bond donors (Lipinski definition) is 1. The maximum absolute atomic E-state index is 11.0. The Labute approximate surface area is 155 Å². The van der Waals surface area contributed by atoms with Gasteiger partial charge in [0.05, 0.1) is 38.1 Å². The van der Waals surface area contributed by atoms with Gasteiger partial charge in [-0.15, -0.1) is 0 Å². The molecule has 26 heavy (non-hydrogen) atoms. The van der Waals surface area contributed by atoms with E-state index < -0.39 is 12.1 Å². The van der Waals surface area contributed by atoms with Gasteiger partial charge >= 0.3 is 5.97 Å². The molecule has 1 atom stereocenters. The summed E-state index contributed by atoms with van der Waals surface area (Å²) in [7, 11) is 0. The molecule has 6 heteroatoms. The van der Waals surface area contributed by atoms with Crippen LogP contribution in [0.25, 0.3) is 0 Å². The van der Waals surface area contributed by atoms with Crippen molar-refractivity contribution in [3.63, 3.8) is 0 Å². The quantitative estimate of drug-likeness (QED) is 0.426.